The van der Waals surface area contributed by atoms with E-state index in [-0.39, 0.29) is 36.2 Å². The van der Waals surface area contributed by atoms with E-state index in [4.69, 9.17) is 24.2 Å². The normalized spacial score (nSPS) is 21.3. The summed E-state index contributed by atoms with van der Waals surface area (Å²) in [6, 6.07) is 7.98. The Morgan fingerprint density at radius 2 is 1.80 bits per heavy atom. The fraction of sp³-hybridized carbons (Fsp3) is 0.615. The minimum Gasteiger partial charge on any atom is -0.495 e. The van der Waals surface area contributed by atoms with Crippen LogP contribution >= 0.6 is 0 Å². The van der Waals surface area contributed by atoms with Crippen molar-refractivity contribution < 1.29 is 23.8 Å². The van der Waals surface area contributed by atoms with Crippen molar-refractivity contribution in [1.82, 2.24) is 24.6 Å². The van der Waals surface area contributed by atoms with Crippen LogP contribution in [0.15, 0.2) is 42.9 Å². The number of carbonyl (C=O) groups excluding carboxylic acids is 2. The zero-order chi connectivity index (χ0) is 35.3. The van der Waals surface area contributed by atoms with Gasteiger partial charge >= 0.3 is 6.09 Å². The number of aromatic nitrogens is 4. The number of hydrogen-bond acceptors (Lipinski definition) is 8. The van der Waals surface area contributed by atoms with Crippen LogP contribution in [0.1, 0.15) is 102 Å². The smallest absolute Gasteiger partial charge is 0.410 e. The quantitative estimate of drug-likeness (QED) is 0.194. The Balaban J connectivity index is 1.11. The summed E-state index contributed by atoms with van der Waals surface area (Å²) >= 11 is 0. The van der Waals surface area contributed by atoms with Gasteiger partial charge in [-0.2, -0.15) is 5.10 Å². The molecule has 270 valence electrons. The Morgan fingerprint density at radius 3 is 2.50 bits per heavy atom. The molecule has 4 heterocycles. The Bertz CT molecular complexity index is 1610. The molecule has 0 spiro atoms. The van der Waals surface area contributed by atoms with Crippen LogP contribution in [-0.2, 0) is 14.3 Å². The van der Waals surface area contributed by atoms with Gasteiger partial charge < -0.3 is 19.1 Å². The number of methoxy groups -OCH3 is 1. The lowest BCUT2D eigenvalue weighted by Gasteiger charge is -2.46. The average Bonchev–Trinajstić information content (AvgIpc) is 3.63. The third kappa shape index (κ3) is 8.30. The molecule has 2 amide bonds. The second kappa shape index (κ2) is 15.9. The summed E-state index contributed by atoms with van der Waals surface area (Å²) in [5.41, 5.74) is 3.66. The van der Waals surface area contributed by atoms with E-state index >= 15 is 0 Å². The molecule has 11 nitrogen and oxygen atoms in total. The second-order valence-electron chi connectivity index (χ2n) is 14.8. The number of carbonyl (C=O) groups is 2. The Labute approximate surface area is 296 Å². The summed E-state index contributed by atoms with van der Waals surface area (Å²) in [4.78, 5) is 40.0. The third-order valence-corrected chi connectivity index (χ3v) is 10.9. The highest BCUT2D eigenvalue weighted by Crippen LogP contribution is 2.38. The lowest BCUT2D eigenvalue weighted by Crippen LogP contribution is -2.63. The van der Waals surface area contributed by atoms with Gasteiger partial charge in [-0.3, -0.25) is 19.4 Å². The predicted octanol–water partition coefficient (Wildman–Crippen LogP) is 7.35. The summed E-state index contributed by atoms with van der Waals surface area (Å²) in [5, 5.41) is 4.60. The molecule has 2 saturated carbocycles. The number of anilines is 1. The van der Waals surface area contributed by atoms with Gasteiger partial charge in [0.05, 0.1) is 38.1 Å². The van der Waals surface area contributed by atoms with Crippen molar-refractivity contribution in [2.75, 3.05) is 44.9 Å². The van der Waals surface area contributed by atoms with E-state index in [0.29, 0.717) is 43.9 Å². The molecule has 0 bridgehead atoms. The number of hydrogen-bond donors (Lipinski definition) is 0. The molecule has 6 rings (SSSR count). The van der Waals surface area contributed by atoms with Crippen LogP contribution < -0.4 is 9.64 Å². The van der Waals surface area contributed by atoms with Gasteiger partial charge in [-0.1, -0.05) is 19.3 Å². The zero-order valence-corrected chi connectivity index (χ0v) is 30.5. The molecule has 0 radical (unpaired) electrons. The molecule has 3 aromatic heterocycles. The van der Waals surface area contributed by atoms with Crippen molar-refractivity contribution in [2.24, 2.45) is 11.8 Å². The van der Waals surface area contributed by atoms with Crippen LogP contribution in [-0.4, -0.2) is 82.2 Å². The van der Waals surface area contributed by atoms with Gasteiger partial charge in [-0.15, -0.1) is 0 Å². The van der Waals surface area contributed by atoms with Crippen LogP contribution in [0.5, 0.6) is 5.75 Å². The number of amides is 2. The van der Waals surface area contributed by atoms with Crippen molar-refractivity contribution in [1.29, 1.82) is 0 Å². The summed E-state index contributed by atoms with van der Waals surface area (Å²) < 4.78 is 18.6. The van der Waals surface area contributed by atoms with Crippen LogP contribution in [0.4, 0.5) is 10.6 Å². The lowest BCUT2D eigenvalue weighted by atomic mass is 9.79. The molecule has 50 heavy (non-hydrogen) atoms. The summed E-state index contributed by atoms with van der Waals surface area (Å²) in [7, 11) is 1.68. The van der Waals surface area contributed by atoms with E-state index in [0.717, 1.165) is 79.6 Å². The van der Waals surface area contributed by atoms with E-state index in [9.17, 15) is 9.59 Å². The van der Waals surface area contributed by atoms with Gasteiger partial charge in [0.15, 0.2) is 0 Å². The Kier molecular flexibility index (Phi) is 11.4. The van der Waals surface area contributed by atoms with Crippen molar-refractivity contribution in [3.8, 4) is 16.9 Å². The largest absolute Gasteiger partial charge is 0.495 e. The van der Waals surface area contributed by atoms with Crippen LogP contribution in [0, 0.1) is 18.8 Å². The summed E-state index contributed by atoms with van der Waals surface area (Å²) in [6.45, 7) is 10.5. The van der Waals surface area contributed by atoms with Crippen molar-refractivity contribution in [3.05, 3.63) is 54.2 Å². The fourth-order valence-electron chi connectivity index (χ4n) is 7.94. The standard InChI is InChI=1S/C39H54N6O5/c1-6-50-39(4)25-43(26-39)38(47)49-24-27(2)45-23-33(21-41-45)32-18-19-40-36(20-32)44(37(46)31-10-8-7-9-11-31)22-29-12-14-30(15-13-29)34-16-17-35(48-5)28(3)42-34/h16-21,23,27,29-31H,6-15,22,24-26H2,1-5H3. The van der Waals surface area contributed by atoms with E-state index < -0.39 is 0 Å². The first-order valence-electron chi connectivity index (χ1n) is 18.6. The molecule has 0 N–H and O–H groups in total. The predicted molar refractivity (Wildman–Crippen MR) is 192 cm³/mol. The molecule has 3 aliphatic rings. The lowest BCUT2D eigenvalue weighted by molar-refractivity contribution is -0.123. The summed E-state index contributed by atoms with van der Waals surface area (Å²) in [5.74, 6) is 2.61. The van der Waals surface area contributed by atoms with Gasteiger partial charge in [-0.25, -0.2) is 9.78 Å². The molecule has 1 atom stereocenters. The monoisotopic (exact) mass is 686 g/mol. The number of likely N-dealkylation sites (tertiary alicyclic amines) is 1. The highest BCUT2D eigenvalue weighted by atomic mass is 16.6. The first-order valence-corrected chi connectivity index (χ1v) is 18.6. The van der Waals surface area contributed by atoms with Crippen LogP contribution in [0.2, 0.25) is 0 Å². The molecule has 0 aromatic carbocycles. The molecule has 1 unspecified atom stereocenters. The highest BCUT2D eigenvalue weighted by Gasteiger charge is 2.43. The summed E-state index contributed by atoms with van der Waals surface area (Å²) in [6.07, 6.45) is 14.8. The van der Waals surface area contributed by atoms with Crippen LogP contribution in [0.3, 0.4) is 0 Å². The number of aryl methyl sites for hydroxylation is 1. The molecule has 1 aliphatic heterocycles. The van der Waals surface area contributed by atoms with Crippen LogP contribution in [0.25, 0.3) is 11.1 Å². The molecule has 11 heteroatoms. The van der Waals surface area contributed by atoms with E-state index in [1.807, 2.05) is 67.9 Å². The van der Waals surface area contributed by atoms with E-state index in [1.165, 1.54) is 6.42 Å². The Hall–Kier alpha value is -3.99. The van der Waals surface area contributed by atoms with Crippen molar-refractivity contribution >= 4 is 17.8 Å². The zero-order valence-electron chi connectivity index (χ0n) is 30.5. The SMILES string of the molecule is CCOC1(C)CN(C(=O)OCC(C)n2cc(-c3ccnc(N(CC4CCC(c5ccc(OC)c(C)n5)CC4)C(=O)C4CCCCC4)c3)cn2)C1. The first-order chi connectivity index (χ1) is 24.2. The maximum Gasteiger partial charge on any atom is 0.410 e. The Morgan fingerprint density at radius 1 is 1.04 bits per heavy atom. The van der Waals surface area contributed by atoms with Gasteiger partial charge in [0.1, 0.15) is 23.8 Å². The van der Waals surface area contributed by atoms with E-state index in [1.54, 1.807) is 18.2 Å². The maximum absolute atomic E-state index is 14.2. The first kappa shape index (κ1) is 35.8. The minimum absolute atomic E-state index is 0.0486. The number of ether oxygens (including phenoxy) is 3. The number of pyridine rings is 2. The third-order valence-electron chi connectivity index (χ3n) is 10.9. The maximum atomic E-state index is 14.2. The van der Waals surface area contributed by atoms with Gasteiger partial charge in [-0.05, 0) is 102 Å². The van der Waals surface area contributed by atoms with Gasteiger partial charge in [0.25, 0.3) is 0 Å². The second-order valence-corrected chi connectivity index (χ2v) is 14.8. The highest BCUT2D eigenvalue weighted by molar-refractivity contribution is 5.94. The molecular weight excluding hydrogens is 632 g/mol. The molecule has 3 aromatic rings. The molecule has 1 saturated heterocycles. The van der Waals surface area contributed by atoms with Crippen molar-refractivity contribution in [3.63, 3.8) is 0 Å². The minimum atomic E-state index is -0.330. The molecule has 2 aliphatic carbocycles. The van der Waals surface area contributed by atoms with Gasteiger partial charge in [0.2, 0.25) is 5.91 Å². The van der Waals surface area contributed by atoms with Gasteiger partial charge in [0, 0.05) is 48.6 Å². The topological polar surface area (TPSA) is 112 Å². The number of rotatable bonds is 12. The molecule has 3 fully saturated rings. The number of nitrogens with zero attached hydrogens (tertiary/aromatic N) is 6. The average molecular weight is 687 g/mol. The molecular formula is C39H54N6O5. The van der Waals surface area contributed by atoms with Crippen molar-refractivity contribution in [2.45, 2.75) is 103 Å². The fourth-order valence-corrected chi connectivity index (χ4v) is 7.94. The van der Waals surface area contributed by atoms with E-state index in [2.05, 4.69) is 11.2 Å².